The van der Waals surface area contributed by atoms with Crippen molar-refractivity contribution in [3.8, 4) is 0 Å². The SMILES string of the molecule is CC1(C)CCCN(C(=O)c2ccnc(N)c2)C1. The van der Waals surface area contributed by atoms with Crippen molar-refractivity contribution >= 4 is 11.7 Å². The van der Waals surface area contributed by atoms with E-state index in [2.05, 4.69) is 18.8 Å². The van der Waals surface area contributed by atoms with Crippen molar-refractivity contribution < 1.29 is 4.79 Å². The fraction of sp³-hybridized carbons (Fsp3) is 0.538. The van der Waals surface area contributed by atoms with Gasteiger partial charge in [0, 0.05) is 24.8 Å². The summed E-state index contributed by atoms with van der Waals surface area (Å²) in [6.07, 6.45) is 3.83. The van der Waals surface area contributed by atoms with E-state index in [1.54, 1.807) is 18.3 Å². The number of carbonyl (C=O) groups excluding carboxylic acids is 1. The number of hydrogen-bond donors (Lipinski definition) is 1. The second kappa shape index (κ2) is 4.35. The van der Waals surface area contributed by atoms with Crippen LogP contribution >= 0.6 is 0 Å². The quantitative estimate of drug-likeness (QED) is 0.806. The molecule has 0 aromatic carbocycles. The van der Waals surface area contributed by atoms with Crippen molar-refractivity contribution in [2.24, 2.45) is 5.41 Å². The number of piperidine rings is 1. The first-order chi connectivity index (χ1) is 7.98. The number of amides is 1. The summed E-state index contributed by atoms with van der Waals surface area (Å²) in [5.74, 6) is 0.457. The average molecular weight is 233 g/mol. The number of likely N-dealkylation sites (tertiary alicyclic amines) is 1. The van der Waals surface area contributed by atoms with Crippen molar-refractivity contribution in [2.45, 2.75) is 26.7 Å². The van der Waals surface area contributed by atoms with Crippen LogP contribution in [-0.2, 0) is 0 Å². The van der Waals surface area contributed by atoms with Gasteiger partial charge in [-0.15, -0.1) is 0 Å². The maximum absolute atomic E-state index is 12.3. The predicted octanol–water partition coefficient (Wildman–Crippen LogP) is 1.93. The van der Waals surface area contributed by atoms with Crippen LogP contribution in [0.1, 0.15) is 37.0 Å². The van der Waals surface area contributed by atoms with E-state index in [1.165, 1.54) is 6.42 Å². The molecule has 0 spiro atoms. The van der Waals surface area contributed by atoms with Crippen LogP contribution in [0.15, 0.2) is 18.3 Å². The summed E-state index contributed by atoms with van der Waals surface area (Å²) in [7, 11) is 0. The predicted molar refractivity (Wildman–Crippen MR) is 67.6 cm³/mol. The molecule has 1 aromatic rings. The van der Waals surface area contributed by atoms with Crippen LogP contribution < -0.4 is 5.73 Å². The number of nitrogens with zero attached hydrogens (tertiary/aromatic N) is 2. The minimum Gasteiger partial charge on any atom is -0.384 e. The van der Waals surface area contributed by atoms with Gasteiger partial charge in [-0.3, -0.25) is 4.79 Å². The minimum atomic E-state index is 0.0619. The number of nitrogen functional groups attached to an aromatic ring is 1. The van der Waals surface area contributed by atoms with Gasteiger partial charge in [0.15, 0.2) is 0 Å². The molecule has 0 saturated carbocycles. The zero-order chi connectivity index (χ0) is 12.5. The van der Waals surface area contributed by atoms with E-state index in [-0.39, 0.29) is 11.3 Å². The molecule has 2 heterocycles. The zero-order valence-corrected chi connectivity index (χ0v) is 10.4. The van der Waals surface area contributed by atoms with Crippen LogP contribution in [0.25, 0.3) is 0 Å². The van der Waals surface area contributed by atoms with E-state index in [1.807, 2.05) is 4.90 Å². The third-order valence-electron chi connectivity index (χ3n) is 3.22. The Labute approximate surface area is 102 Å². The number of nitrogens with two attached hydrogens (primary N) is 1. The van der Waals surface area contributed by atoms with Crippen molar-refractivity contribution in [3.05, 3.63) is 23.9 Å². The van der Waals surface area contributed by atoms with Crippen LogP contribution in [0, 0.1) is 5.41 Å². The Kier molecular flexibility index (Phi) is 3.05. The van der Waals surface area contributed by atoms with Crippen molar-refractivity contribution in [1.82, 2.24) is 9.88 Å². The lowest BCUT2D eigenvalue weighted by Gasteiger charge is -2.38. The van der Waals surface area contributed by atoms with Gasteiger partial charge < -0.3 is 10.6 Å². The Morgan fingerprint density at radius 2 is 2.29 bits per heavy atom. The minimum absolute atomic E-state index is 0.0619. The maximum Gasteiger partial charge on any atom is 0.254 e. The van der Waals surface area contributed by atoms with Gasteiger partial charge >= 0.3 is 0 Å². The number of hydrogen-bond acceptors (Lipinski definition) is 3. The lowest BCUT2D eigenvalue weighted by molar-refractivity contribution is 0.0583. The summed E-state index contributed by atoms with van der Waals surface area (Å²) >= 11 is 0. The molecule has 0 radical (unpaired) electrons. The third kappa shape index (κ3) is 2.75. The van der Waals surface area contributed by atoms with Crippen LogP contribution in [0.4, 0.5) is 5.82 Å². The van der Waals surface area contributed by atoms with Crippen molar-refractivity contribution in [3.63, 3.8) is 0 Å². The molecule has 1 saturated heterocycles. The smallest absolute Gasteiger partial charge is 0.254 e. The third-order valence-corrected chi connectivity index (χ3v) is 3.22. The van der Waals surface area contributed by atoms with Gasteiger partial charge in [-0.1, -0.05) is 13.8 Å². The molecule has 2 rings (SSSR count). The van der Waals surface area contributed by atoms with E-state index in [0.29, 0.717) is 11.4 Å². The van der Waals surface area contributed by atoms with Crippen LogP contribution in [0.3, 0.4) is 0 Å². The molecule has 1 fully saturated rings. The molecule has 92 valence electrons. The first-order valence-electron chi connectivity index (χ1n) is 5.99. The highest BCUT2D eigenvalue weighted by atomic mass is 16.2. The molecule has 1 aliphatic heterocycles. The number of anilines is 1. The second-order valence-corrected chi connectivity index (χ2v) is 5.46. The number of carbonyl (C=O) groups is 1. The van der Waals surface area contributed by atoms with Crippen LogP contribution in [-0.4, -0.2) is 28.9 Å². The largest absolute Gasteiger partial charge is 0.384 e. The molecule has 0 atom stereocenters. The fourth-order valence-corrected chi connectivity index (χ4v) is 2.36. The highest BCUT2D eigenvalue weighted by molar-refractivity contribution is 5.94. The van der Waals surface area contributed by atoms with Gasteiger partial charge in [0.1, 0.15) is 5.82 Å². The van der Waals surface area contributed by atoms with E-state index in [4.69, 9.17) is 5.73 Å². The molecule has 4 heteroatoms. The average Bonchev–Trinajstić information content (AvgIpc) is 2.26. The highest BCUT2D eigenvalue weighted by Crippen LogP contribution is 2.29. The Balaban J connectivity index is 2.15. The van der Waals surface area contributed by atoms with E-state index < -0.39 is 0 Å². The monoisotopic (exact) mass is 233 g/mol. The molecule has 4 nitrogen and oxygen atoms in total. The Morgan fingerprint density at radius 3 is 2.94 bits per heavy atom. The van der Waals surface area contributed by atoms with E-state index in [0.717, 1.165) is 19.5 Å². The van der Waals surface area contributed by atoms with E-state index >= 15 is 0 Å². The molecule has 2 N–H and O–H groups in total. The summed E-state index contributed by atoms with van der Waals surface area (Å²) in [5, 5.41) is 0. The van der Waals surface area contributed by atoms with E-state index in [9.17, 15) is 4.79 Å². The number of pyridine rings is 1. The van der Waals surface area contributed by atoms with Crippen LogP contribution in [0.5, 0.6) is 0 Å². The van der Waals surface area contributed by atoms with Gasteiger partial charge in [-0.2, -0.15) is 0 Å². The van der Waals surface area contributed by atoms with Gasteiger partial charge in [-0.05, 0) is 30.4 Å². The summed E-state index contributed by atoms with van der Waals surface area (Å²) < 4.78 is 0. The van der Waals surface area contributed by atoms with Gasteiger partial charge in [0.25, 0.3) is 5.91 Å². The zero-order valence-electron chi connectivity index (χ0n) is 10.4. The summed E-state index contributed by atoms with van der Waals surface area (Å²) in [6.45, 7) is 6.05. The van der Waals surface area contributed by atoms with Gasteiger partial charge in [0.05, 0.1) is 0 Å². The topological polar surface area (TPSA) is 59.2 Å². The molecular formula is C13H19N3O. The molecule has 1 amide bonds. The molecule has 0 unspecified atom stereocenters. The normalized spacial score (nSPS) is 19.1. The Bertz CT molecular complexity index is 428. The Morgan fingerprint density at radius 1 is 1.53 bits per heavy atom. The number of aromatic nitrogens is 1. The molecular weight excluding hydrogens is 214 g/mol. The lowest BCUT2D eigenvalue weighted by atomic mass is 9.84. The van der Waals surface area contributed by atoms with Gasteiger partial charge in [0.2, 0.25) is 0 Å². The molecule has 0 aliphatic carbocycles. The summed E-state index contributed by atoms with van der Waals surface area (Å²) in [5.41, 5.74) is 6.45. The van der Waals surface area contributed by atoms with Crippen molar-refractivity contribution in [2.75, 3.05) is 18.8 Å². The molecule has 1 aliphatic rings. The second-order valence-electron chi connectivity index (χ2n) is 5.46. The molecule has 1 aromatic heterocycles. The first-order valence-corrected chi connectivity index (χ1v) is 5.99. The molecule has 17 heavy (non-hydrogen) atoms. The summed E-state index contributed by atoms with van der Waals surface area (Å²) in [6, 6.07) is 3.37. The molecule has 0 bridgehead atoms. The van der Waals surface area contributed by atoms with Crippen LogP contribution in [0.2, 0.25) is 0 Å². The lowest BCUT2D eigenvalue weighted by Crippen LogP contribution is -2.43. The fourth-order valence-electron chi connectivity index (χ4n) is 2.36. The standard InChI is InChI=1S/C13H19N3O/c1-13(2)5-3-7-16(9-13)12(17)10-4-6-15-11(14)8-10/h4,6,8H,3,5,7,9H2,1-2H3,(H2,14,15). The van der Waals surface area contributed by atoms with Crippen molar-refractivity contribution in [1.29, 1.82) is 0 Å². The van der Waals surface area contributed by atoms with Gasteiger partial charge in [-0.25, -0.2) is 4.98 Å². The first kappa shape index (κ1) is 11.9. The highest BCUT2D eigenvalue weighted by Gasteiger charge is 2.29. The number of rotatable bonds is 1. The summed E-state index contributed by atoms with van der Waals surface area (Å²) in [4.78, 5) is 18.1. The Hall–Kier alpha value is -1.58. The maximum atomic E-state index is 12.3.